The van der Waals surface area contributed by atoms with Crippen LogP contribution in [0.2, 0.25) is 0 Å². The van der Waals surface area contributed by atoms with Crippen LogP contribution in [0.25, 0.3) is 5.52 Å². The molecule has 0 aromatic carbocycles. The van der Waals surface area contributed by atoms with Gasteiger partial charge in [-0.25, -0.2) is 4.52 Å². The summed E-state index contributed by atoms with van der Waals surface area (Å²) in [5.74, 6) is -0.00540. The van der Waals surface area contributed by atoms with E-state index in [0.717, 1.165) is 5.69 Å². The second-order valence-corrected chi connectivity index (χ2v) is 4.65. The van der Waals surface area contributed by atoms with E-state index >= 15 is 0 Å². The van der Waals surface area contributed by atoms with Crippen LogP contribution in [0.5, 0.6) is 0 Å². The molecule has 2 rings (SSSR count). The van der Waals surface area contributed by atoms with E-state index in [9.17, 15) is 4.79 Å². The van der Waals surface area contributed by atoms with Crippen molar-refractivity contribution in [1.29, 1.82) is 0 Å². The van der Waals surface area contributed by atoms with Crippen LogP contribution in [-0.2, 0) is 6.54 Å². The van der Waals surface area contributed by atoms with Gasteiger partial charge in [0.2, 0.25) is 0 Å². The summed E-state index contributed by atoms with van der Waals surface area (Å²) in [7, 11) is 0. The van der Waals surface area contributed by atoms with Gasteiger partial charge in [0, 0.05) is 24.9 Å². The number of hydrogen-bond donors (Lipinski definition) is 1. The SMILES string of the molecule is Cc1cc2c(=O)n(CC(C)C(N)=S)ccn2n1. The summed E-state index contributed by atoms with van der Waals surface area (Å²) < 4.78 is 3.19. The van der Waals surface area contributed by atoms with Gasteiger partial charge in [-0.3, -0.25) is 4.79 Å². The molecule has 17 heavy (non-hydrogen) atoms. The quantitative estimate of drug-likeness (QED) is 0.815. The molecule has 0 aliphatic carbocycles. The molecule has 2 N–H and O–H groups in total. The van der Waals surface area contributed by atoms with Crippen molar-refractivity contribution in [2.24, 2.45) is 11.7 Å². The number of thiocarbonyl (C=S) groups is 1. The summed E-state index contributed by atoms with van der Waals surface area (Å²) in [5, 5.41) is 4.18. The molecule has 2 aromatic heterocycles. The highest BCUT2D eigenvalue weighted by Crippen LogP contribution is 2.03. The van der Waals surface area contributed by atoms with Crippen molar-refractivity contribution in [2.45, 2.75) is 20.4 Å². The number of nitrogens with zero attached hydrogens (tertiary/aromatic N) is 3. The normalized spacial score (nSPS) is 12.8. The Morgan fingerprint density at radius 1 is 1.59 bits per heavy atom. The molecule has 0 saturated heterocycles. The molecule has 6 heteroatoms. The van der Waals surface area contributed by atoms with Crippen LogP contribution in [0.1, 0.15) is 12.6 Å². The van der Waals surface area contributed by atoms with Crippen molar-refractivity contribution in [3.05, 3.63) is 34.5 Å². The molecule has 0 fully saturated rings. The Bertz CT molecular complexity index is 628. The number of rotatable bonds is 3. The maximum atomic E-state index is 12.1. The van der Waals surface area contributed by atoms with Crippen LogP contribution in [0, 0.1) is 12.8 Å². The van der Waals surface area contributed by atoms with Crippen molar-refractivity contribution >= 4 is 22.7 Å². The summed E-state index contributed by atoms with van der Waals surface area (Å²) in [4.78, 5) is 12.5. The predicted octanol–water partition coefficient (Wildman–Crippen LogP) is 0.727. The fourth-order valence-electron chi connectivity index (χ4n) is 1.68. The van der Waals surface area contributed by atoms with E-state index in [1.165, 1.54) is 0 Å². The van der Waals surface area contributed by atoms with Crippen LogP contribution >= 0.6 is 12.2 Å². The molecular formula is C11H14N4OS. The number of aryl methyl sites for hydroxylation is 1. The number of fused-ring (bicyclic) bond motifs is 1. The third kappa shape index (κ3) is 2.21. The minimum atomic E-state index is -0.0730. The molecule has 5 nitrogen and oxygen atoms in total. The first-order chi connectivity index (χ1) is 7.99. The smallest absolute Gasteiger partial charge is 0.276 e. The van der Waals surface area contributed by atoms with E-state index in [1.54, 1.807) is 27.5 Å². The molecule has 0 spiro atoms. The highest BCUT2D eigenvalue weighted by Gasteiger charge is 2.10. The second kappa shape index (κ2) is 4.29. The average Bonchev–Trinajstić information content (AvgIpc) is 2.63. The van der Waals surface area contributed by atoms with Gasteiger partial charge in [-0.15, -0.1) is 0 Å². The minimum Gasteiger partial charge on any atom is -0.393 e. The van der Waals surface area contributed by atoms with Gasteiger partial charge in [-0.2, -0.15) is 5.10 Å². The van der Waals surface area contributed by atoms with Gasteiger partial charge in [0.25, 0.3) is 5.56 Å². The van der Waals surface area contributed by atoms with Gasteiger partial charge in [0.05, 0.1) is 10.7 Å². The Balaban J connectivity index is 2.46. The van der Waals surface area contributed by atoms with Crippen molar-refractivity contribution in [3.63, 3.8) is 0 Å². The van der Waals surface area contributed by atoms with E-state index in [2.05, 4.69) is 5.10 Å². The Hall–Kier alpha value is -1.69. The van der Waals surface area contributed by atoms with E-state index in [4.69, 9.17) is 18.0 Å². The highest BCUT2D eigenvalue weighted by atomic mass is 32.1. The van der Waals surface area contributed by atoms with Crippen molar-refractivity contribution < 1.29 is 0 Å². The Morgan fingerprint density at radius 3 is 2.94 bits per heavy atom. The maximum Gasteiger partial charge on any atom is 0.276 e. The van der Waals surface area contributed by atoms with Gasteiger partial charge >= 0.3 is 0 Å². The maximum absolute atomic E-state index is 12.1. The lowest BCUT2D eigenvalue weighted by molar-refractivity contribution is 0.578. The first-order valence-corrected chi connectivity index (χ1v) is 5.74. The van der Waals surface area contributed by atoms with Gasteiger partial charge in [-0.05, 0) is 13.0 Å². The lowest BCUT2D eigenvalue weighted by Crippen LogP contribution is -2.29. The molecule has 0 saturated carbocycles. The Morgan fingerprint density at radius 2 is 2.29 bits per heavy atom. The van der Waals surface area contributed by atoms with E-state index in [-0.39, 0.29) is 11.5 Å². The summed E-state index contributed by atoms with van der Waals surface area (Å²) in [6, 6.07) is 1.77. The molecule has 0 radical (unpaired) electrons. The molecule has 2 aromatic rings. The van der Waals surface area contributed by atoms with Crippen LogP contribution in [0.3, 0.4) is 0 Å². The minimum absolute atomic E-state index is 0.00540. The summed E-state index contributed by atoms with van der Waals surface area (Å²) in [6.07, 6.45) is 3.46. The largest absolute Gasteiger partial charge is 0.393 e. The average molecular weight is 250 g/mol. The molecule has 2 heterocycles. The first kappa shape index (κ1) is 11.8. The van der Waals surface area contributed by atoms with Gasteiger partial charge in [0.1, 0.15) is 5.52 Å². The van der Waals surface area contributed by atoms with Crippen molar-refractivity contribution in [1.82, 2.24) is 14.2 Å². The summed E-state index contributed by atoms with van der Waals surface area (Å²) in [5.41, 5.74) is 6.87. The third-order valence-electron chi connectivity index (χ3n) is 2.68. The van der Waals surface area contributed by atoms with Crippen LogP contribution in [0.4, 0.5) is 0 Å². The van der Waals surface area contributed by atoms with E-state index < -0.39 is 0 Å². The fourth-order valence-corrected chi connectivity index (χ4v) is 1.75. The topological polar surface area (TPSA) is 65.3 Å². The van der Waals surface area contributed by atoms with Crippen LogP contribution < -0.4 is 11.3 Å². The lowest BCUT2D eigenvalue weighted by Gasteiger charge is -2.11. The summed E-state index contributed by atoms with van der Waals surface area (Å²) >= 11 is 4.91. The molecular weight excluding hydrogens is 236 g/mol. The Kier molecular flexibility index (Phi) is 2.97. The third-order valence-corrected chi connectivity index (χ3v) is 3.08. The monoisotopic (exact) mass is 250 g/mol. The van der Waals surface area contributed by atoms with Crippen LogP contribution in [0.15, 0.2) is 23.3 Å². The van der Waals surface area contributed by atoms with Gasteiger partial charge < -0.3 is 10.3 Å². The summed E-state index contributed by atoms with van der Waals surface area (Å²) in [6.45, 7) is 4.25. The molecule has 90 valence electrons. The van der Waals surface area contributed by atoms with Crippen molar-refractivity contribution in [3.8, 4) is 0 Å². The molecule has 0 aliphatic heterocycles. The first-order valence-electron chi connectivity index (χ1n) is 5.34. The van der Waals surface area contributed by atoms with Gasteiger partial charge in [-0.1, -0.05) is 19.1 Å². The predicted molar refractivity (Wildman–Crippen MR) is 70.1 cm³/mol. The fraction of sp³-hybridized carbons (Fsp3) is 0.364. The molecule has 1 unspecified atom stereocenters. The molecule has 0 aliphatic rings. The van der Waals surface area contributed by atoms with E-state index in [1.807, 2.05) is 13.8 Å². The number of nitrogens with two attached hydrogens (primary N) is 1. The standard InChI is InChI=1S/C11H14N4OS/c1-7(10(12)17)6-14-3-4-15-9(11(14)16)5-8(2)13-15/h3-5,7H,6H2,1-2H3,(H2,12,17). The van der Waals surface area contributed by atoms with Crippen LogP contribution in [-0.4, -0.2) is 19.2 Å². The van der Waals surface area contributed by atoms with Gasteiger partial charge in [0.15, 0.2) is 0 Å². The lowest BCUT2D eigenvalue weighted by atomic mass is 10.2. The van der Waals surface area contributed by atoms with E-state index in [0.29, 0.717) is 17.0 Å². The zero-order valence-corrected chi connectivity index (χ0v) is 10.6. The van der Waals surface area contributed by atoms with Crippen molar-refractivity contribution in [2.75, 3.05) is 0 Å². The second-order valence-electron chi connectivity index (χ2n) is 4.17. The Labute approximate surface area is 104 Å². The highest BCUT2D eigenvalue weighted by molar-refractivity contribution is 7.80. The number of aromatic nitrogens is 3. The molecule has 0 bridgehead atoms. The number of hydrogen-bond acceptors (Lipinski definition) is 3. The molecule has 1 atom stereocenters. The zero-order chi connectivity index (χ0) is 12.6. The zero-order valence-electron chi connectivity index (χ0n) is 9.75. The molecule has 0 amide bonds.